The summed E-state index contributed by atoms with van der Waals surface area (Å²) >= 11 is 0. The highest BCUT2D eigenvalue weighted by atomic mass is 16.5. The molecule has 6 rings (SSSR count). The average molecular weight is 615 g/mol. The van der Waals surface area contributed by atoms with Crippen molar-refractivity contribution in [3.63, 3.8) is 0 Å². The van der Waals surface area contributed by atoms with E-state index in [1.807, 2.05) is 62.7 Å². The highest BCUT2D eigenvalue weighted by Gasteiger charge is 2.28. The monoisotopic (exact) mass is 614 g/mol. The number of likely N-dealkylation sites (tertiary alicyclic amines) is 1. The van der Waals surface area contributed by atoms with Crippen molar-refractivity contribution in [1.29, 1.82) is 0 Å². The first-order valence-corrected chi connectivity index (χ1v) is 15.6. The van der Waals surface area contributed by atoms with Gasteiger partial charge in [0.05, 0.1) is 5.41 Å². The molecular weight excluding hydrogens is 572 g/mol. The Balaban J connectivity index is 1.40. The maximum atomic E-state index is 12.8. The smallest absolute Gasteiger partial charge is 0.407 e. The summed E-state index contributed by atoms with van der Waals surface area (Å²) in [4.78, 5) is 40.1. The number of rotatable bonds is 7. The van der Waals surface area contributed by atoms with E-state index >= 15 is 0 Å². The summed E-state index contributed by atoms with van der Waals surface area (Å²) in [5.41, 5.74) is 3.04. The Hall–Kier alpha value is -4.38. The molecule has 0 aliphatic carbocycles. The maximum absolute atomic E-state index is 12.8. The number of piperazine rings is 1. The van der Waals surface area contributed by atoms with E-state index in [1.54, 1.807) is 0 Å². The standard InChI is InChI=1S/C34H42N6O5/c1-34(2,3)31(41)45-26-18-22-9-6-7-11-27(22)23(19-26)17-24-20-38(5)29-28(24)35-32(44-21-25-10-8-12-37(25)4)36-30(29)39-13-15-40(16-14-39)33(42)43/h6-7,9,11,18-20,25H,8,10,12-17,21H2,1-5H3,(H,42,43)/t25-/m0/s1. The number of aryl methyl sites for hydroxylation is 1. The molecule has 0 saturated carbocycles. The zero-order chi connectivity index (χ0) is 31.9. The number of carboxylic acid groups (broad SMARTS) is 1. The SMILES string of the molecule is CN1CCC[C@H]1COc1nc(N2CCN(C(=O)O)CC2)c2c(n1)c(Cc1cc(OC(=O)C(C)(C)C)cc3ccccc13)cn2C. The lowest BCUT2D eigenvalue weighted by atomic mass is 9.97. The molecule has 1 amide bonds. The minimum absolute atomic E-state index is 0.288. The number of anilines is 1. The number of benzene rings is 2. The number of esters is 1. The van der Waals surface area contributed by atoms with Crippen molar-refractivity contribution in [2.45, 2.75) is 46.1 Å². The second kappa shape index (κ2) is 12.2. The summed E-state index contributed by atoms with van der Waals surface area (Å²) in [7, 11) is 4.10. The zero-order valence-electron chi connectivity index (χ0n) is 26.7. The summed E-state index contributed by atoms with van der Waals surface area (Å²) in [5.74, 6) is 0.968. The van der Waals surface area contributed by atoms with Crippen molar-refractivity contribution in [2.75, 3.05) is 51.3 Å². The molecular formula is C34H42N6O5. The van der Waals surface area contributed by atoms with Crippen LogP contribution in [-0.2, 0) is 18.3 Å². The summed E-state index contributed by atoms with van der Waals surface area (Å²) in [6, 6.07) is 12.6. The molecule has 1 atom stereocenters. The van der Waals surface area contributed by atoms with Crippen LogP contribution in [0.3, 0.4) is 0 Å². The molecule has 2 aromatic heterocycles. The number of hydrogen-bond acceptors (Lipinski definition) is 8. The second-order valence-electron chi connectivity index (χ2n) is 13.3. The van der Waals surface area contributed by atoms with E-state index in [0.29, 0.717) is 57.0 Å². The second-order valence-corrected chi connectivity index (χ2v) is 13.3. The summed E-state index contributed by atoms with van der Waals surface area (Å²) in [6.07, 6.45) is 3.93. The fraction of sp³-hybridized carbons (Fsp3) is 0.471. The normalized spacial score (nSPS) is 17.8. The lowest BCUT2D eigenvalue weighted by molar-refractivity contribution is -0.142. The lowest BCUT2D eigenvalue weighted by Crippen LogP contribution is -2.48. The lowest BCUT2D eigenvalue weighted by Gasteiger charge is -2.34. The third-order valence-corrected chi connectivity index (χ3v) is 8.90. The first-order chi connectivity index (χ1) is 21.5. The van der Waals surface area contributed by atoms with Gasteiger partial charge in [-0.2, -0.15) is 9.97 Å². The van der Waals surface area contributed by atoms with Crippen LogP contribution in [0.5, 0.6) is 11.8 Å². The van der Waals surface area contributed by atoms with E-state index < -0.39 is 11.5 Å². The molecule has 11 heteroatoms. The van der Waals surface area contributed by atoms with Crippen LogP contribution in [0, 0.1) is 5.41 Å². The van der Waals surface area contributed by atoms with Crippen molar-refractivity contribution < 1.29 is 24.2 Å². The number of ether oxygens (including phenoxy) is 2. The van der Waals surface area contributed by atoms with E-state index in [0.717, 1.165) is 58.1 Å². The molecule has 2 aliphatic heterocycles. The number of carbonyl (C=O) groups excluding carboxylic acids is 1. The van der Waals surface area contributed by atoms with Gasteiger partial charge in [0.25, 0.3) is 0 Å². The van der Waals surface area contributed by atoms with Gasteiger partial charge in [-0.3, -0.25) is 4.79 Å². The van der Waals surface area contributed by atoms with Gasteiger partial charge in [0.2, 0.25) is 0 Å². The molecule has 238 valence electrons. The van der Waals surface area contributed by atoms with Crippen molar-refractivity contribution in [3.8, 4) is 11.8 Å². The van der Waals surface area contributed by atoms with Gasteiger partial charge in [-0.1, -0.05) is 24.3 Å². The Kier molecular flexibility index (Phi) is 8.30. The molecule has 4 heterocycles. The minimum Gasteiger partial charge on any atom is -0.465 e. The zero-order valence-corrected chi connectivity index (χ0v) is 26.7. The Morgan fingerprint density at radius 2 is 1.76 bits per heavy atom. The van der Waals surface area contributed by atoms with Gasteiger partial charge in [-0.25, -0.2) is 4.79 Å². The summed E-state index contributed by atoms with van der Waals surface area (Å²) in [6.45, 7) is 8.92. The van der Waals surface area contributed by atoms with Gasteiger partial charge in [-0.15, -0.1) is 0 Å². The van der Waals surface area contributed by atoms with Gasteiger partial charge in [0.15, 0.2) is 5.82 Å². The highest BCUT2D eigenvalue weighted by molar-refractivity contribution is 5.92. The number of aromatic nitrogens is 3. The third-order valence-electron chi connectivity index (χ3n) is 8.90. The quantitative estimate of drug-likeness (QED) is 0.229. The van der Waals surface area contributed by atoms with Crippen molar-refractivity contribution in [2.24, 2.45) is 12.5 Å². The Bertz CT molecular complexity index is 1740. The molecule has 11 nitrogen and oxygen atoms in total. The van der Waals surface area contributed by atoms with E-state index in [9.17, 15) is 14.7 Å². The van der Waals surface area contributed by atoms with Crippen LogP contribution >= 0.6 is 0 Å². The van der Waals surface area contributed by atoms with E-state index in [2.05, 4.69) is 29.1 Å². The molecule has 2 fully saturated rings. The molecule has 0 spiro atoms. The molecule has 2 aromatic carbocycles. The predicted molar refractivity (Wildman–Crippen MR) is 173 cm³/mol. The number of carbonyl (C=O) groups is 2. The van der Waals surface area contributed by atoms with Crippen molar-refractivity contribution >= 4 is 39.7 Å². The number of nitrogens with zero attached hydrogens (tertiary/aromatic N) is 6. The van der Waals surface area contributed by atoms with Crippen LogP contribution in [0.15, 0.2) is 42.6 Å². The fourth-order valence-corrected chi connectivity index (χ4v) is 6.25. The van der Waals surface area contributed by atoms with Gasteiger partial charge in [-0.05, 0) is 75.7 Å². The number of fused-ring (bicyclic) bond motifs is 2. The molecule has 2 saturated heterocycles. The first kappa shape index (κ1) is 30.6. The molecule has 0 radical (unpaired) electrons. The van der Waals surface area contributed by atoms with Crippen LogP contribution in [0.4, 0.5) is 10.6 Å². The average Bonchev–Trinajstić information content (AvgIpc) is 3.56. The molecule has 4 aromatic rings. The number of hydrogen-bond donors (Lipinski definition) is 1. The van der Waals surface area contributed by atoms with E-state index in [1.165, 1.54) is 4.90 Å². The van der Waals surface area contributed by atoms with Crippen LogP contribution in [-0.4, -0.2) is 93.9 Å². The van der Waals surface area contributed by atoms with Crippen LogP contribution in [0.25, 0.3) is 21.8 Å². The van der Waals surface area contributed by atoms with E-state index in [4.69, 9.17) is 19.4 Å². The largest absolute Gasteiger partial charge is 0.465 e. The van der Waals surface area contributed by atoms with Crippen LogP contribution < -0.4 is 14.4 Å². The molecule has 0 unspecified atom stereocenters. The van der Waals surface area contributed by atoms with Gasteiger partial charge in [0.1, 0.15) is 23.4 Å². The first-order valence-electron chi connectivity index (χ1n) is 15.6. The van der Waals surface area contributed by atoms with Crippen LogP contribution in [0.2, 0.25) is 0 Å². The summed E-state index contributed by atoms with van der Waals surface area (Å²) in [5, 5.41) is 11.6. The Morgan fingerprint density at radius 1 is 1.00 bits per heavy atom. The number of likely N-dealkylation sites (N-methyl/N-ethyl adjacent to an activating group) is 1. The van der Waals surface area contributed by atoms with Gasteiger partial charge < -0.3 is 33.8 Å². The predicted octanol–water partition coefficient (Wildman–Crippen LogP) is 4.94. The van der Waals surface area contributed by atoms with Crippen molar-refractivity contribution in [1.82, 2.24) is 24.3 Å². The van der Waals surface area contributed by atoms with Crippen molar-refractivity contribution in [3.05, 3.63) is 53.7 Å². The molecule has 45 heavy (non-hydrogen) atoms. The van der Waals surface area contributed by atoms with Gasteiger partial charge >= 0.3 is 18.1 Å². The molecule has 0 bridgehead atoms. The van der Waals surface area contributed by atoms with Gasteiger partial charge in [0, 0.05) is 57.4 Å². The third kappa shape index (κ3) is 6.40. The minimum atomic E-state index is -0.907. The maximum Gasteiger partial charge on any atom is 0.407 e. The Labute approximate surface area is 263 Å². The highest BCUT2D eigenvalue weighted by Crippen LogP contribution is 2.34. The molecule has 2 aliphatic rings. The van der Waals surface area contributed by atoms with Crippen LogP contribution in [0.1, 0.15) is 44.7 Å². The molecule has 1 N–H and O–H groups in total. The topological polar surface area (TPSA) is 113 Å². The fourth-order valence-electron chi connectivity index (χ4n) is 6.25. The summed E-state index contributed by atoms with van der Waals surface area (Å²) < 4.78 is 14.2. The van der Waals surface area contributed by atoms with E-state index in [-0.39, 0.29) is 5.97 Å². The Morgan fingerprint density at radius 3 is 2.44 bits per heavy atom. The number of amides is 1.